The van der Waals surface area contributed by atoms with Gasteiger partial charge in [-0.2, -0.15) is 0 Å². The van der Waals surface area contributed by atoms with Gasteiger partial charge >= 0.3 is 27.3 Å². The van der Waals surface area contributed by atoms with Gasteiger partial charge in [-0.25, -0.2) is 19.2 Å². The van der Waals surface area contributed by atoms with E-state index in [-0.39, 0.29) is 23.8 Å². The van der Waals surface area contributed by atoms with Crippen LogP contribution in [0.4, 0.5) is 0 Å². The smallest absolute Gasteiger partial charge is 0.406 e. The van der Waals surface area contributed by atoms with Crippen LogP contribution >= 0.6 is 26.9 Å². The minimum absolute atomic E-state index is 0.0199. The molecular weight excluding hydrogens is 540 g/mol. The number of carbonyl (C=O) groups is 2. The number of esters is 2. The molecule has 0 bridgehead atoms. The lowest BCUT2D eigenvalue weighted by Gasteiger charge is -2.31. The molecule has 0 fully saturated rings. The van der Waals surface area contributed by atoms with Crippen LogP contribution in [0.5, 0.6) is 0 Å². The Labute approximate surface area is 215 Å². The van der Waals surface area contributed by atoms with Crippen LogP contribution in [-0.4, -0.2) is 59.6 Å². The lowest BCUT2D eigenvalue weighted by Crippen LogP contribution is -2.44. The van der Waals surface area contributed by atoms with Crippen LogP contribution in [0.15, 0.2) is 24.3 Å². The van der Waals surface area contributed by atoms with Gasteiger partial charge in [0.05, 0.1) is 25.4 Å². The summed E-state index contributed by atoms with van der Waals surface area (Å²) in [6.45, 7) is 8.86. The molecule has 0 spiro atoms. The molecule has 1 aromatic rings. The van der Waals surface area contributed by atoms with Crippen molar-refractivity contribution in [1.29, 1.82) is 0 Å². The third-order valence-corrected chi connectivity index (χ3v) is 8.04. The van der Waals surface area contributed by atoms with Crippen molar-refractivity contribution in [3.8, 4) is 0 Å². The molecule has 1 aromatic carbocycles. The molecule has 0 heterocycles. The predicted molar refractivity (Wildman–Crippen MR) is 131 cm³/mol. The van der Waals surface area contributed by atoms with Crippen LogP contribution in [0.3, 0.4) is 0 Å². The van der Waals surface area contributed by atoms with Crippen molar-refractivity contribution in [3.05, 3.63) is 34.9 Å². The molecule has 1 unspecified atom stereocenters. The summed E-state index contributed by atoms with van der Waals surface area (Å²) in [7, 11) is -9.37. The fraction of sp³-hybridized carbons (Fsp3) is 0.619. The number of rotatable bonds is 15. The summed E-state index contributed by atoms with van der Waals surface area (Å²) in [4.78, 5) is 36.0. The first kappa shape index (κ1) is 32.7. The molecule has 0 aliphatic carbocycles. The Kier molecular flexibility index (Phi) is 13.2. The highest BCUT2D eigenvalue weighted by Crippen LogP contribution is 2.61. The number of aliphatic hydroxyl groups is 1. The minimum atomic E-state index is -5.17. The van der Waals surface area contributed by atoms with E-state index < -0.39 is 57.5 Å². The maximum Gasteiger partial charge on any atom is 0.406 e. The summed E-state index contributed by atoms with van der Waals surface area (Å²) < 4.78 is 52.2. The lowest BCUT2D eigenvalue weighted by atomic mass is 10.2. The summed E-state index contributed by atoms with van der Waals surface area (Å²) in [6, 6.07) is 5.78. The number of ether oxygens (including phenoxy) is 2. The lowest BCUT2D eigenvalue weighted by molar-refractivity contribution is -0.175. The van der Waals surface area contributed by atoms with Crippen molar-refractivity contribution < 1.29 is 51.8 Å². The van der Waals surface area contributed by atoms with Gasteiger partial charge in [0.25, 0.3) is 0 Å². The first-order chi connectivity index (χ1) is 16.7. The zero-order valence-corrected chi connectivity index (χ0v) is 23.5. The van der Waals surface area contributed by atoms with E-state index in [9.17, 15) is 28.7 Å². The van der Waals surface area contributed by atoms with Gasteiger partial charge in [-0.15, -0.1) is 0 Å². The molecular formula is C21H34ClNO11P2. The topological polar surface area (TPSA) is 167 Å². The average Bonchev–Trinajstić information content (AvgIpc) is 2.75. The Balaban J connectivity index is 3.54. The summed E-state index contributed by atoms with van der Waals surface area (Å²) >= 11 is 6.23. The second-order valence-corrected chi connectivity index (χ2v) is 11.9. The molecule has 36 heavy (non-hydrogen) atoms. The molecule has 0 radical (unpaired) electrons. The quantitative estimate of drug-likeness (QED) is 0.204. The maximum absolute atomic E-state index is 13.6. The van der Waals surface area contributed by atoms with Crippen molar-refractivity contribution >= 4 is 38.9 Å². The monoisotopic (exact) mass is 573 g/mol. The Hall–Kier alpha value is -1.33. The normalized spacial score (nSPS) is 16.3. The van der Waals surface area contributed by atoms with Crippen LogP contribution in [0.1, 0.15) is 52.9 Å². The first-order valence-corrected chi connectivity index (χ1v) is 14.7. The molecule has 0 aromatic heterocycles. The highest BCUT2D eigenvalue weighted by Gasteiger charge is 2.47. The summed E-state index contributed by atoms with van der Waals surface area (Å²) in [5.41, 5.74) is -0.0557. The van der Waals surface area contributed by atoms with Gasteiger partial charge in [0.1, 0.15) is 5.78 Å². The van der Waals surface area contributed by atoms with Crippen molar-refractivity contribution in [2.75, 3.05) is 13.2 Å². The van der Waals surface area contributed by atoms with Crippen LogP contribution < -0.4 is 5.09 Å². The Morgan fingerprint density at radius 1 is 0.972 bits per heavy atom. The van der Waals surface area contributed by atoms with E-state index in [1.54, 1.807) is 6.07 Å². The highest BCUT2D eigenvalue weighted by atomic mass is 35.5. The molecule has 0 aliphatic rings. The fourth-order valence-corrected chi connectivity index (χ4v) is 6.69. The zero-order chi connectivity index (χ0) is 27.7. The molecule has 1 rings (SSSR count). The van der Waals surface area contributed by atoms with Gasteiger partial charge in [0, 0.05) is 10.6 Å². The Morgan fingerprint density at radius 2 is 1.47 bits per heavy atom. The van der Waals surface area contributed by atoms with Gasteiger partial charge in [0.2, 0.25) is 6.10 Å². The third kappa shape index (κ3) is 9.85. The SMILES string of the molecule is CCOP(=O)(N[C@H](c1ccccc1Cl)P(=O)(O)O[C@@H](C(=O)OC(C)C)[C@@H](O)C(=O)OC(C)C)OCC. The second kappa shape index (κ2) is 14.6. The Morgan fingerprint density at radius 3 is 1.94 bits per heavy atom. The Bertz CT molecular complexity index is 965. The number of carbonyl (C=O) groups excluding carboxylic acids is 2. The molecule has 0 aliphatic heterocycles. The van der Waals surface area contributed by atoms with E-state index in [0.29, 0.717) is 0 Å². The number of nitrogens with one attached hydrogen (secondary N) is 1. The average molecular weight is 574 g/mol. The van der Waals surface area contributed by atoms with Gasteiger partial charge in [-0.05, 0) is 47.6 Å². The molecule has 4 atom stereocenters. The van der Waals surface area contributed by atoms with Gasteiger partial charge in [0.15, 0.2) is 6.10 Å². The van der Waals surface area contributed by atoms with Crippen molar-refractivity contribution in [2.45, 2.75) is 71.7 Å². The highest BCUT2D eigenvalue weighted by molar-refractivity contribution is 7.56. The number of hydrogen-bond acceptors (Lipinski definition) is 10. The van der Waals surface area contributed by atoms with E-state index in [2.05, 4.69) is 5.09 Å². The molecule has 206 valence electrons. The van der Waals surface area contributed by atoms with Crippen LogP contribution in [0.2, 0.25) is 5.02 Å². The fourth-order valence-electron chi connectivity index (χ4n) is 2.79. The third-order valence-electron chi connectivity index (χ3n) is 4.13. The maximum atomic E-state index is 13.6. The molecule has 15 heteroatoms. The van der Waals surface area contributed by atoms with Crippen molar-refractivity contribution in [1.82, 2.24) is 5.09 Å². The number of hydrogen-bond donors (Lipinski definition) is 3. The van der Waals surface area contributed by atoms with Crippen molar-refractivity contribution in [3.63, 3.8) is 0 Å². The minimum Gasteiger partial charge on any atom is -0.461 e. The summed E-state index contributed by atoms with van der Waals surface area (Å²) in [5, 5.41) is 12.8. The summed E-state index contributed by atoms with van der Waals surface area (Å²) in [5.74, 6) is -4.46. The van der Waals surface area contributed by atoms with Gasteiger partial charge in [-0.3, -0.25) is 18.1 Å². The zero-order valence-electron chi connectivity index (χ0n) is 21.0. The van der Waals surface area contributed by atoms with Gasteiger partial charge < -0.3 is 19.5 Å². The predicted octanol–water partition coefficient (Wildman–Crippen LogP) is 3.94. The standard InChI is InChI=1S/C21H34ClNO11P2/c1-7-30-36(29,31-8-2)23-19(15-11-9-10-12-16(15)22)35(27,28)34-18(21(26)33-14(5)6)17(24)20(25)32-13(3)4/h9-14,17-19,24H,7-8H2,1-6H3,(H,23,29)(H,27,28)/t17-,18-,19+/m1/s1. The molecule has 0 saturated carbocycles. The number of benzene rings is 1. The van der Waals surface area contributed by atoms with E-state index in [4.69, 9.17) is 34.6 Å². The van der Waals surface area contributed by atoms with E-state index in [1.165, 1.54) is 59.7 Å². The molecule has 12 nitrogen and oxygen atoms in total. The van der Waals surface area contributed by atoms with Crippen LogP contribution in [-0.2, 0) is 41.8 Å². The number of aliphatic hydroxyl groups excluding tert-OH is 1. The van der Waals surface area contributed by atoms with E-state index >= 15 is 0 Å². The van der Waals surface area contributed by atoms with Crippen LogP contribution in [0, 0.1) is 0 Å². The van der Waals surface area contributed by atoms with E-state index in [0.717, 1.165) is 0 Å². The first-order valence-electron chi connectivity index (χ1n) is 11.2. The molecule has 0 amide bonds. The van der Waals surface area contributed by atoms with Crippen LogP contribution in [0.25, 0.3) is 0 Å². The molecule has 3 N–H and O–H groups in total. The molecule has 0 saturated heterocycles. The van der Waals surface area contributed by atoms with Gasteiger partial charge in [-0.1, -0.05) is 29.8 Å². The number of halogens is 1. The largest absolute Gasteiger partial charge is 0.461 e. The van der Waals surface area contributed by atoms with Crippen molar-refractivity contribution in [2.24, 2.45) is 0 Å². The second-order valence-electron chi connectivity index (χ2n) is 7.89. The summed E-state index contributed by atoms with van der Waals surface area (Å²) in [6.07, 6.45) is -5.99. The van der Waals surface area contributed by atoms with E-state index in [1.807, 2.05) is 0 Å².